The lowest BCUT2D eigenvalue weighted by molar-refractivity contribution is -0.384. The Morgan fingerprint density at radius 2 is 1.83 bits per heavy atom. The summed E-state index contributed by atoms with van der Waals surface area (Å²) in [6.07, 6.45) is 1.60. The minimum Gasteiger partial charge on any atom is -0.457 e. The molecule has 1 saturated heterocycles. The lowest BCUT2D eigenvalue weighted by Crippen LogP contribution is -2.27. The van der Waals surface area contributed by atoms with Gasteiger partial charge >= 0.3 is 0 Å². The highest BCUT2D eigenvalue weighted by Crippen LogP contribution is 2.37. The number of nitro benzene ring substituents is 1. The number of nitrogens with zero attached hydrogens (tertiary/aromatic N) is 2. The van der Waals surface area contributed by atoms with Crippen LogP contribution in [0.3, 0.4) is 0 Å². The van der Waals surface area contributed by atoms with Gasteiger partial charge in [-0.25, -0.2) is 0 Å². The Kier molecular flexibility index (Phi) is 5.66. The van der Waals surface area contributed by atoms with Crippen LogP contribution in [0.5, 0.6) is 0 Å². The summed E-state index contributed by atoms with van der Waals surface area (Å²) in [5.74, 6) is 0.662. The first-order chi connectivity index (χ1) is 14.3. The highest BCUT2D eigenvalue weighted by Gasteiger charge is 2.33. The van der Waals surface area contributed by atoms with Crippen LogP contribution in [0.15, 0.2) is 63.9 Å². The van der Waals surface area contributed by atoms with Crippen LogP contribution >= 0.6 is 47.2 Å². The topological polar surface area (TPSA) is 76.6 Å². The summed E-state index contributed by atoms with van der Waals surface area (Å²) >= 11 is 18.6. The van der Waals surface area contributed by atoms with Crippen molar-refractivity contribution in [1.82, 2.24) is 0 Å². The third-order valence-corrected chi connectivity index (χ3v) is 6.06. The van der Waals surface area contributed by atoms with Gasteiger partial charge in [-0.1, -0.05) is 47.2 Å². The lowest BCUT2D eigenvalue weighted by Gasteiger charge is -2.13. The van der Waals surface area contributed by atoms with Crippen LogP contribution in [-0.2, 0) is 4.79 Å². The molecule has 0 atom stereocenters. The zero-order valence-corrected chi connectivity index (χ0v) is 18.0. The number of thiocarbonyl (C=S) groups is 1. The molecule has 0 saturated carbocycles. The second-order valence-corrected chi connectivity index (χ2v) is 8.64. The number of amides is 1. The molecule has 30 heavy (non-hydrogen) atoms. The Bertz CT molecular complexity index is 1220. The summed E-state index contributed by atoms with van der Waals surface area (Å²) in [4.78, 5) is 24.9. The molecule has 4 rings (SSSR count). The fourth-order valence-electron chi connectivity index (χ4n) is 2.81. The van der Waals surface area contributed by atoms with Crippen LogP contribution in [0.25, 0.3) is 17.4 Å². The molecular formula is C20H10Cl2N2O4S2. The van der Waals surface area contributed by atoms with Crippen molar-refractivity contribution in [2.24, 2.45) is 0 Å². The number of rotatable bonds is 4. The lowest BCUT2D eigenvalue weighted by atomic mass is 10.2. The van der Waals surface area contributed by atoms with Gasteiger partial charge in [0.1, 0.15) is 11.5 Å². The molecule has 0 unspecified atom stereocenters. The molecule has 0 N–H and O–H groups in total. The van der Waals surface area contributed by atoms with E-state index in [1.807, 2.05) is 0 Å². The second kappa shape index (κ2) is 8.23. The maximum atomic E-state index is 12.8. The Hall–Kier alpha value is -2.65. The van der Waals surface area contributed by atoms with Crippen LogP contribution in [0.2, 0.25) is 10.0 Å². The maximum absolute atomic E-state index is 12.8. The Labute approximate surface area is 190 Å². The molecule has 1 aromatic heterocycles. The van der Waals surface area contributed by atoms with Crippen molar-refractivity contribution < 1.29 is 14.1 Å². The predicted molar refractivity (Wildman–Crippen MR) is 123 cm³/mol. The first kappa shape index (κ1) is 20.6. The molecule has 2 heterocycles. The molecule has 3 aromatic rings. The molecule has 1 aliphatic heterocycles. The summed E-state index contributed by atoms with van der Waals surface area (Å²) < 4.78 is 6.14. The number of furan rings is 1. The minimum absolute atomic E-state index is 0.0660. The number of anilines is 1. The van der Waals surface area contributed by atoms with E-state index in [9.17, 15) is 14.9 Å². The van der Waals surface area contributed by atoms with Crippen molar-refractivity contribution in [3.8, 4) is 11.3 Å². The number of carbonyl (C=O) groups excluding carboxylic acids is 1. The molecule has 2 aromatic carbocycles. The monoisotopic (exact) mass is 476 g/mol. The zero-order chi connectivity index (χ0) is 21.4. The van der Waals surface area contributed by atoms with E-state index in [1.54, 1.807) is 36.4 Å². The average molecular weight is 477 g/mol. The predicted octanol–water partition coefficient (Wildman–Crippen LogP) is 6.57. The summed E-state index contributed by atoms with van der Waals surface area (Å²) in [7, 11) is 0. The summed E-state index contributed by atoms with van der Waals surface area (Å²) in [5.41, 5.74) is 1.07. The van der Waals surface area contributed by atoms with E-state index in [0.29, 0.717) is 42.0 Å². The summed E-state index contributed by atoms with van der Waals surface area (Å²) in [6.45, 7) is 0. The Balaban J connectivity index is 1.59. The first-order valence-electron chi connectivity index (χ1n) is 8.41. The first-order valence-corrected chi connectivity index (χ1v) is 10.4. The van der Waals surface area contributed by atoms with Crippen LogP contribution in [-0.4, -0.2) is 15.2 Å². The van der Waals surface area contributed by atoms with E-state index in [1.165, 1.54) is 29.2 Å². The molecule has 0 aliphatic carbocycles. The van der Waals surface area contributed by atoms with E-state index in [0.717, 1.165) is 11.8 Å². The average Bonchev–Trinajstić information content (AvgIpc) is 3.26. The van der Waals surface area contributed by atoms with Crippen molar-refractivity contribution in [3.05, 3.63) is 85.4 Å². The fourth-order valence-corrected chi connectivity index (χ4v) is 4.59. The van der Waals surface area contributed by atoms with Crippen molar-refractivity contribution in [2.75, 3.05) is 4.90 Å². The highest BCUT2D eigenvalue weighted by molar-refractivity contribution is 8.27. The smallest absolute Gasteiger partial charge is 0.270 e. The van der Waals surface area contributed by atoms with Crippen LogP contribution in [0.1, 0.15) is 5.76 Å². The van der Waals surface area contributed by atoms with Crippen LogP contribution < -0.4 is 4.90 Å². The van der Waals surface area contributed by atoms with Gasteiger partial charge in [-0.2, -0.15) is 0 Å². The third kappa shape index (κ3) is 3.99. The molecule has 1 aliphatic rings. The normalized spacial score (nSPS) is 15.3. The van der Waals surface area contributed by atoms with Gasteiger partial charge in [0.05, 0.1) is 20.5 Å². The van der Waals surface area contributed by atoms with Gasteiger partial charge in [0.25, 0.3) is 11.6 Å². The Morgan fingerprint density at radius 1 is 1.10 bits per heavy atom. The van der Waals surface area contributed by atoms with Crippen LogP contribution in [0, 0.1) is 10.1 Å². The highest BCUT2D eigenvalue weighted by atomic mass is 35.5. The molecule has 10 heteroatoms. The van der Waals surface area contributed by atoms with E-state index in [-0.39, 0.29) is 11.6 Å². The van der Waals surface area contributed by atoms with Crippen molar-refractivity contribution in [2.45, 2.75) is 0 Å². The van der Waals surface area contributed by atoms with Gasteiger partial charge in [-0.15, -0.1) is 0 Å². The van der Waals surface area contributed by atoms with E-state index < -0.39 is 4.92 Å². The SMILES string of the molecule is O=C1C(=Cc2ccc(-c3ccc(Cl)cc3Cl)o2)SC(=S)N1c1ccc([N+](=O)[O-])cc1. The number of thioether (sulfide) groups is 1. The molecule has 0 radical (unpaired) electrons. The zero-order valence-electron chi connectivity index (χ0n) is 14.9. The Morgan fingerprint density at radius 3 is 2.50 bits per heavy atom. The molecule has 0 spiro atoms. The number of benzene rings is 2. The summed E-state index contributed by atoms with van der Waals surface area (Å²) in [6, 6.07) is 14.2. The van der Waals surface area contributed by atoms with E-state index in [2.05, 4.69) is 0 Å². The number of halogens is 2. The van der Waals surface area contributed by atoms with Gasteiger partial charge in [-0.05, 0) is 42.5 Å². The molecule has 150 valence electrons. The van der Waals surface area contributed by atoms with Gasteiger partial charge in [-0.3, -0.25) is 19.8 Å². The number of hydrogen-bond acceptors (Lipinski definition) is 6. The minimum atomic E-state index is -0.505. The van der Waals surface area contributed by atoms with Crippen molar-refractivity contribution in [3.63, 3.8) is 0 Å². The van der Waals surface area contributed by atoms with Gasteiger partial charge in [0, 0.05) is 28.8 Å². The number of non-ortho nitro benzene ring substituents is 1. The molecule has 1 fully saturated rings. The number of nitro groups is 1. The van der Waals surface area contributed by atoms with Gasteiger partial charge in [0.2, 0.25) is 0 Å². The maximum Gasteiger partial charge on any atom is 0.270 e. The second-order valence-electron chi connectivity index (χ2n) is 6.12. The molecular weight excluding hydrogens is 467 g/mol. The number of hydrogen-bond donors (Lipinski definition) is 0. The fraction of sp³-hybridized carbons (Fsp3) is 0. The number of carbonyl (C=O) groups is 1. The largest absolute Gasteiger partial charge is 0.457 e. The quantitative estimate of drug-likeness (QED) is 0.183. The summed E-state index contributed by atoms with van der Waals surface area (Å²) in [5, 5.41) is 11.8. The van der Waals surface area contributed by atoms with E-state index in [4.69, 9.17) is 39.8 Å². The van der Waals surface area contributed by atoms with Crippen LogP contribution in [0.4, 0.5) is 11.4 Å². The van der Waals surface area contributed by atoms with E-state index >= 15 is 0 Å². The van der Waals surface area contributed by atoms with Gasteiger partial charge in [0.15, 0.2) is 4.32 Å². The third-order valence-electron chi connectivity index (χ3n) is 4.21. The van der Waals surface area contributed by atoms with Crippen molar-refractivity contribution >= 4 is 74.9 Å². The molecule has 0 bridgehead atoms. The standard InChI is InChI=1S/C20H10Cl2N2O4S2/c21-11-1-7-15(16(22)9-11)17-8-6-14(28-17)10-18-19(25)23(20(29)30-18)12-2-4-13(5-3-12)24(26)27/h1-10H. The molecule has 1 amide bonds. The van der Waals surface area contributed by atoms with Crippen molar-refractivity contribution in [1.29, 1.82) is 0 Å². The molecule has 6 nitrogen and oxygen atoms in total. The van der Waals surface area contributed by atoms with Gasteiger partial charge < -0.3 is 4.42 Å².